The number of sulfonamides is 1. The number of halogens is 1. The number of benzene rings is 1. The van der Waals surface area contributed by atoms with E-state index in [2.05, 4.69) is 26.2 Å². The van der Waals surface area contributed by atoms with Gasteiger partial charge in [0.1, 0.15) is 4.90 Å². The monoisotopic (exact) mass is 423 g/mol. The highest BCUT2D eigenvalue weighted by Gasteiger charge is 2.39. The third-order valence-electron chi connectivity index (χ3n) is 3.96. The van der Waals surface area contributed by atoms with E-state index >= 15 is 0 Å². The Morgan fingerprint density at radius 3 is 2.72 bits per heavy atom. The summed E-state index contributed by atoms with van der Waals surface area (Å²) >= 11 is 3.38. The van der Waals surface area contributed by atoms with E-state index in [1.807, 2.05) is 19.1 Å². The van der Waals surface area contributed by atoms with Gasteiger partial charge in [0.15, 0.2) is 0 Å². The molecule has 0 saturated heterocycles. The molecule has 1 heterocycles. The standard InChI is InChI=1S/C17H18BrN3O3S/c1-12-9-13(18)4-7-16(12)20-17(22)11-21(14-5-6-14)25(23,24)15-3-2-8-19-10-15/h2-4,7-10,14H,5-6,11H2,1H3,(H,20,22). The molecule has 1 aliphatic carbocycles. The van der Waals surface area contributed by atoms with Crippen molar-refractivity contribution in [1.29, 1.82) is 0 Å². The van der Waals surface area contributed by atoms with Crippen LogP contribution in [0, 0.1) is 6.92 Å². The number of pyridine rings is 1. The lowest BCUT2D eigenvalue weighted by atomic mass is 10.2. The number of aryl methyl sites for hydroxylation is 1. The topological polar surface area (TPSA) is 79.4 Å². The molecular weight excluding hydrogens is 406 g/mol. The summed E-state index contributed by atoms with van der Waals surface area (Å²) in [5.74, 6) is -0.357. The summed E-state index contributed by atoms with van der Waals surface area (Å²) in [6.07, 6.45) is 4.36. The first-order valence-electron chi connectivity index (χ1n) is 7.86. The summed E-state index contributed by atoms with van der Waals surface area (Å²) in [7, 11) is -3.74. The van der Waals surface area contributed by atoms with Crippen molar-refractivity contribution in [2.45, 2.75) is 30.7 Å². The zero-order valence-corrected chi connectivity index (χ0v) is 16.0. The molecule has 0 spiro atoms. The fourth-order valence-corrected chi connectivity index (χ4v) is 4.59. The molecule has 1 N–H and O–H groups in total. The van der Waals surface area contributed by atoms with E-state index in [4.69, 9.17) is 0 Å². The first-order chi connectivity index (χ1) is 11.9. The van der Waals surface area contributed by atoms with Gasteiger partial charge in [-0.15, -0.1) is 0 Å². The zero-order chi connectivity index (χ0) is 18.0. The van der Waals surface area contributed by atoms with Gasteiger partial charge in [-0.25, -0.2) is 8.42 Å². The van der Waals surface area contributed by atoms with Gasteiger partial charge in [0, 0.05) is 28.6 Å². The number of nitrogens with one attached hydrogen (secondary N) is 1. The van der Waals surface area contributed by atoms with Crippen molar-refractivity contribution in [1.82, 2.24) is 9.29 Å². The Labute approximate surface area is 155 Å². The Morgan fingerprint density at radius 1 is 1.36 bits per heavy atom. The van der Waals surface area contributed by atoms with Gasteiger partial charge in [0.2, 0.25) is 15.9 Å². The van der Waals surface area contributed by atoms with Gasteiger partial charge in [-0.2, -0.15) is 4.31 Å². The molecule has 132 valence electrons. The van der Waals surface area contributed by atoms with Crippen LogP contribution in [0.4, 0.5) is 5.69 Å². The maximum Gasteiger partial charge on any atom is 0.245 e. The molecule has 0 radical (unpaired) electrons. The molecular formula is C17H18BrN3O3S. The number of hydrogen-bond acceptors (Lipinski definition) is 4. The van der Waals surface area contributed by atoms with Gasteiger partial charge in [0.25, 0.3) is 0 Å². The maximum absolute atomic E-state index is 12.8. The van der Waals surface area contributed by atoms with Crippen molar-refractivity contribution in [2.75, 3.05) is 11.9 Å². The lowest BCUT2D eigenvalue weighted by Gasteiger charge is -2.21. The normalized spacial score (nSPS) is 14.5. The van der Waals surface area contributed by atoms with E-state index in [0.717, 1.165) is 22.9 Å². The molecule has 0 unspecified atom stereocenters. The van der Waals surface area contributed by atoms with Crippen LogP contribution in [0.25, 0.3) is 0 Å². The van der Waals surface area contributed by atoms with Crippen LogP contribution in [0.15, 0.2) is 52.1 Å². The van der Waals surface area contributed by atoms with Crippen molar-refractivity contribution >= 4 is 37.5 Å². The molecule has 1 saturated carbocycles. The summed E-state index contributed by atoms with van der Waals surface area (Å²) in [6.45, 7) is 1.67. The third-order valence-corrected chi connectivity index (χ3v) is 6.33. The molecule has 0 bridgehead atoms. The highest BCUT2D eigenvalue weighted by atomic mass is 79.9. The van der Waals surface area contributed by atoms with Crippen LogP contribution < -0.4 is 5.32 Å². The lowest BCUT2D eigenvalue weighted by molar-refractivity contribution is -0.116. The number of hydrogen-bond donors (Lipinski definition) is 1. The molecule has 6 nitrogen and oxygen atoms in total. The van der Waals surface area contributed by atoms with E-state index in [-0.39, 0.29) is 23.4 Å². The molecule has 25 heavy (non-hydrogen) atoms. The van der Waals surface area contributed by atoms with Crippen molar-refractivity contribution < 1.29 is 13.2 Å². The second kappa shape index (κ2) is 7.23. The highest BCUT2D eigenvalue weighted by Crippen LogP contribution is 2.31. The fraction of sp³-hybridized carbons (Fsp3) is 0.294. The molecule has 1 aromatic heterocycles. The van der Waals surface area contributed by atoms with Gasteiger partial charge in [-0.1, -0.05) is 15.9 Å². The largest absolute Gasteiger partial charge is 0.325 e. The SMILES string of the molecule is Cc1cc(Br)ccc1NC(=O)CN(C1CC1)S(=O)(=O)c1cccnc1. The molecule has 8 heteroatoms. The summed E-state index contributed by atoms with van der Waals surface area (Å²) in [5.41, 5.74) is 1.57. The average Bonchev–Trinajstić information content (AvgIpc) is 3.41. The minimum absolute atomic E-state index is 0.106. The summed E-state index contributed by atoms with van der Waals surface area (Å²) < 4.78 is 27.8. The van der Waals surface area contributed by atoms with E-state index in [1.165, 1.54) is 22.8 Å². The zero-order valence-electron chi connectivity index (χ0n) is 13.6. The van der Waals surface area contributed by atoms with Gasteiger partial charge >= 0.3 is 0 Å². The van der Waals surface area contributed by atoms with E-state index in [9.17, 15) is 13.2 Å². The van der Waals surface area contributed by atoms with Gasteiger partial charge in [-0.05, 0) is 55.7 Å². The number of aromatic nitrogens is 1. The van der Waals surface area contributed by atoms with Crippen molar-refractivity contribution in [3.63, 3.8) is 0 Å². The second-order valence-electron chi connectivity index (χ2n) is 5.98. The number of carbonyl (C=O) groups excluding carboxylic acids is 1. The van der Waals surface area contributed by atoms with Crippen LogP contribution in [0.5, 0.6) is 0 Å². The van der Waals surface area contributed by atoms with Crippen LogP contribution in [0.3, 0.4) is 0 Å². The lowest BCUT2D eigenvalue weighted by Crippen LogP contribution is -2.39. The van der Waals surface area contributed by atoms with Crippen LogP contribution in [-0.2, 0) is 14.8 Å². The van der Waals surface area contributed by atoms with Crippen molar-refractivity contribution in [3.8, 4) is 0 Å². The Morgan fingerprint density at radius 2 is 2.12 bits per heavy atom. The summed E-state index contributed by atoms with van der Waals surface area (Å²) in [4.78, 5) is 16.4. The Balaban J connectivity index is 1.77. The van der Waals surface area contributed by atoms with Crippen LogP contribution >= 0.6 is 15.9 Å². The predicted molar refractivity (Wildman–Crippen MR) is 98.7 cm³/mol. The molecule has 2 aromatic rings. The van der Waals surface area contributed by atoms with E-state index in [1.54, 1.807) is 12.1 Å². The van der Waals surface area contributed by atoms with Crippen LogP contribution in [0.1, 0.15) is 18.4 Å². The molecule has 0 aliphatic heterocycles. The smallest absolute Gasteiger partial charge is 0.245 e. The number of anilines is 1. The molecule has 3 rings (SSSR count). The number of amides is 1. The first-order valence-corrected chi connectivity index (χ1v) is 10.1. The fourth-order valence-electron chi connectivity index (χ4n) is 2.51. The van der Waals surface area contributed by atoms with E-state index in [0.29, 0.717) is 5.69 Å². The van der Waals surface area contributed by atoms with Crippen molar-refractivity contribution in [2.24, 2.45) is 0 Å². The quantitative estimate of drug-likeness (QED) is 0.774. The predicted octanol–water partition coefficient (Wildman–Crippen LogP) is 2.94. The van der Waals surface area contributed by atoms with E-state index < -0.39 is 10.0 Å². The number of carbonyl (C=O) groups is 1. The Hall–Kier alpha value is -1.77. The highest BCUT2D eigenvalue weighted by molar-refractivity contribution is 9.10. The maximum atomic E-state index is 12.8. The number of nitrogens with zero attached hydrogens (tertiary/aromatic N) is 2. The molecule has 0 atom stereocenters. The van der Waals surface area contributed by atoms with Crippen molar-refractivity contribution in [3.05, 3.63) is 52.8 Å². The van der Waals surface area contributed by atoms with Gasteiger partial charge < -0.3 is 5.32 Å². The van der Waals surface area contributed by atoms with Crippen LogP contribution in [-0.4, -0.2) is 36.2 Å². The molecule has 1 aliphatic rings. The van der Waals surface area contributed by atoms with Crippen LogP contribution in [0.2, 0.25) is 0 Å². The number of rotatable bonds is 6. The Kier molecular flexibility index (Phi) is 5.21. The minimum Gasteiger partial charge on any atom is -0.325 e. The summed E-state index contributed by atoms with van der Waals surface area (Å²) in [6, 6.07) is 8.45. The molecule has 1 fully saturated rings. The Bertz CT molecular complexity index is 883. The average molecular weight is 424 g/mol. The van der Waals surface area contributed by atoms with Gasteiger partial charge in [-0.3, -0.25) is 9.78 Å². The minimum atomic E-state index is -3.74. The third kappa shape index (κ3) is 4.26. The first kappa shape index (κ1) is 18.0. The molecule has 1 amide bonds. The van der Waals surface area contributed by atoms with Gasteiger partial charge in [0.05, 0.1) is 6.54 Å². The summed E-state index contributed by atoms with van der Waals surface area (Å²) in [5, 5.41) is 2.79. The molecule has 1 aromatic carbocycles. The second-order valence-corrected chi connectivity index (χ2v) is 8.78.